The molecule has 1 N–H and O–H groups in total. The van der Waals surface area contributed by atoms with Crippen LogP contribution in [-0.2, 0) is 27.2 Å². The maximum Gasteiger partial charge on any atom is 0.308 e. The van der Waals surface area contributed by atoms with Crippen molar-refractivity contribution in [3.8, 4) is 17.2 Å². The Morgan fingerprint density at radius 1 is 0.800 bits per heavy atom. The molecular weight excluding hydrogens is 448 g/mol. The zero-order chi connectivity index (χ0) is 25.2. The molecule has 7 nitrogen and oxygen atoms in total. The zero-order valence-corrected chi connectivity index (χ0v) is 20.0. The van der Waals surface area contributed by atoms with E-state index >= 15 is 0 Å². The third kappa shape index (κ3) is 8.14. The van der Waals surface area contributed by atoms with E-state index in [9.17, 15) is 14.4 Å². The van der Waals surface area contributed by atoms with Gasteiger partial charge in [-0.3, -0.25) is 14.4 Å². The Morgan fingerprint density at radius 2 is 1.51 bits per heavy atom. The average Bonchev–Trinajstić information content (AvgIpc) is 2.79. The summed E-state index contributed by atoms with van der Waals surface area (Å²) in [5, 5.41) is 10.9. The van der Waals surface area contributed by atoms with Crippen LogP contribution in [0.5, 0.6) is 17.2 Å². The first-order valence-corrected chi connectivity index (χ1v) is 11.7. The van der Waals surface area contributed by atoms with E-state index in [-0.39, 0.29) is 12.2 Å². The van der Waals surface area contributed by atoms with Gasteiger partial charge in [-0.15, -0.1) is 0 Å². The number of aliphatic carboxylic acids is 1. The molecule has 0 radical (unpaired) electrons. The largest absolute Gasteiger partial charge is 0.494 e. The quantitative estimate of drug-likeness (QED) is 0.208. The summed E-state index contributed by atoms with van der Waals surface area (Å²) in [7, 11) is 0. The second-order valence-corrected chi connectivity index (χ2v) is 8.36. The molecule has 0 atom stereocenters. The van der Waals surface area contributed by atoms with E-state index in [1.165, 1.54) is 13.8 Å². The summed E-state index contributed by atoms with van der Waals surface area (Å²) < 4.78 is 16.4. The first-order valence-electron chi connectivity index (χ1n) is 11.7. The van der Waals surface area contributed by atoms with Crippen LogP contribution in [0.3, 0.4) is 0 Å². The molecule has 0 aromatic heterocycles. The Balaban J connectivity index is 1.44. The Bertz CT molecular complexity index is 1200. The van der Waals surface area contributed by atoms with Crippen LogP contribution >= 0.6 is 0 Å². The maximum absolute atomic E-state index is 11.5. The number of unbranched alkanes of at least 4 members (excludes halogenated alkanes) is 3. The third-order valence-electron chi connectivity index (χ3n) is 5.40. The zero-order valence-electron chi connectivity index (χ0n) is 20.0. The highest BCUT2D eigenvalue weighted by molar-refractivity contribution is 5.85. The number of ether oxygens (including phenoxy) is 3. The molecule has 0 spiro atoms. The third-order valence-corrected chi connectivity index (χ3v) is 5.40. The van der Waals surface area contributed by atoms with Crippen LogP contribution in [0.1, 0.15) is 50.7 Å². The van der Waals surface area contributed by atoms with E-state index in [2.05, 4.69) is 0 Å². The second kappa shape index (κ2) is 12.6. The lowest BCUT2D eigenvalue weighted by Gasteiger charge is -2.13. The molecule has 0 aliphatic carbocycles. The Hall–Kier alpha value is -3.87. The van der Waals surface area contributed by atoms with E-state index in [1.807, 2.05) is 42.5 Å². The normalized spacial score (nSPS) is 10.7. The van der Waals surface area contributed by atoms with E-state index in [0.717, 1.165) is 53.3 Å². The molecule has 0 aliphatic heterocycles. The predicted molar refractivity (Wildman–Crippen MR) is 132 cm³/mol. The number of para-hydroxylation sites is 1. The highest BCUT2D eigenvalue weighted by atomic mass is 16.6. The van der Waals surface area contributed by atoms with Crippen LogP contribution in [0.25, 0.3) is 10.8 Å². The molecule has 7 heteroatoms. The number of esters is 2. The van der Waals surface area contributed by atoms with Gasteiger partial charge in [0.05, 0.1) is 13.0 Å². The molecule has 0 fully saturated rings. The van der Waals surface area contributed by atoms with Crippen molar-refractivity contribution >= 4 is 28.7 Å². The lowest BCUT2D eigenvalue weighted by atomic mass is 10.0. The summed E-state index contributed by atoms with van der Waals surface area (Å²) >= 11 is 0. The van der Waals surface area contributed by atoms with Crippen molar-refractivity contribution in [2.45, 2.75) is 52.4 Å². The van der Waals surface area contributed by atoms with Gasteiger partial charge < -0.3 is 19.3 Å². The lowest BCUT2D eigenvalue weighted by Crippen LogP contribution is -2.09. The van der Waals surface area contributed by atoms with Crippen LogP contribution in [0.4, 0.5) is 0 Å². The minimum atomic E-state index is -0.843. The molecule has 0 aliphatic rings. The molecule has 184 valence electrons. The van der Waals surface area contributed by atoms with Crippen molar-refractivity contribution in [3.05, 3.63) is 65.7 Å². The number of carboxylic acids is 1. The Labute approximate surface area is 204 Å². The summed E-state index contributed by atoms with van der Waals surface area (Å²) in [4.78, 5) is 33.7. The minimum Gasteiger partial charge on any atom is -0.494 e. The van der Waals surface area contributed by atoms with Gasteiger partial charge in [-0.2, -0.15) is 0 Å². The van der Waals surface area contributed by atoms with Gasteiger partial charge >= 0.3 is 17.9 Å². The first kappa shape index (κ1) is 25.7. The van der Waals surface area contributed by atoms with Crippen molar-refractivity contribution in [2.24, 2.45) is 0 Å². The van der Waals surface area contributed by atoms with Crippen LogP contribution < -0.4 is 14.2 Å². The summed E-state index contributed by atoms with van der Waals surface area (Å²) in [5.41, 5.74) is 1.61. The fraction of sp³-hybridized carbons (Fsp3) is 0.321. The molecule has 0 amide bonds. The van der Waals surface area contributed by atoms with Crippen LogP contribution in [0.2, 0.25) is 0 Å². The number of carboxylic acid groups (broad SMARTS) is 1. The Kier molecular flexibility index (Phi) is 9.23. The number of hydrogen-bond donors (Lipinski definition) is 1. The van der Waals surface area contributed by atoms with Gasteiger partial charge in [-0.25, -0.2) is 0 Å². The van der Waals surface area contributed by atoms with E-state index < -0.39 is 17.9 Å². The number of carbonyl (C=O) groups is 3. The maximum atomic E-state index is 11.5. The molecule has 35 heavy (non-hydrogen) atoms. The standard InChI is InChI=1S/C28H30O7/c1-19(29)34-26-10-7-9-22(28(26)35-20(2)30)8-5-3-4-6-15-33-25-14-13-23-16-21(17-27(31)32)11-12-24(23)18-25/h7,9-14,16,18H,3-6,8,15,17H2,1-2H3,(H,31,32). The van der Waals surface area contributed by atoms with Gasteiger partial charge in [0.2, 0.25) is 0 Å². The number of rotatable bonds is 12. The van der Waals surface area contributed by atoms with Crippen molar-refractivity contribution in [2.75, 3.05) is 6.61 Å². The number of carbonyl (C=O) groups excluding carboxylic acids is 2. The number of fused-ring (bicyclic) bond motifs is 1. The molecule has 3 aromatic carbocycles. The highest BCUT2D eigenvalue weighted by Gasteiger charge is 2.14. The van der Waals surface area contributed by atoms with E-state index in [0.29, 0.717) is 18.8 Å². The van der Waals surface area contributed by atoms with Gasteiger partial charge in [0.15, 0.2) is 11.5 Å². The minimum absolute atomic E-state index is 0.0108. The van der Waals surface area contributed by atoms with Crippen molar-refractivity contribution < 1.29 is 33.7 Å². The molecule has 0 saturated heterocycles. The van der Waals surface area contributed by atoms with Crippen molar-refractivity contribution in [3.63, 3.8) is 0 Å². The fourth-order valence-electron chi connectivity index (χ4n) is 3.86. The molecule has 0 heterocycles. The Morgan fingerprint density at radius 3 is 2.26 bits per heavy atom. The van der Waals surface area contributed by atoms with Crippen LogP contribution in [-0.4, -0.2) is 29.6 Å². The monoisotopic (exact) mass is 478 g/mol. The van der Waals surface area contributed by atoms with Crippen molar-refractivity contribution in [1.82, 2.24) is 0 Å². The topological polar surface area (TPSA) is 99.1 Å². The van der Waals surface area contributed by atoms with Gasteiger partial charge in [0, 0.05) is 13.8 Å². The van der Waals surface area contributed by atoms with Crippen LogP contribution in [0, 0.1) is 0 Å². The van der Waals surface area contributed by atoms with Crippen molar-refractivity contribution in [1.29, 1.82) is 0 Å². The van der Waals surface area contributed by atoms with Gasteiger partial charge in [0.25, 0.3) is 0 Å². The number of benzene rings is 3. The smallest absolute Gasteiger partial charge is 0.308 e. The molecular formula is C28H30O7. The number of hydrogen-bond acceptors (Lipinski definition) is 6. The SMILES string of the molecule is CC(=O)Oc1cccc(CCCCCCOc2ccc3cc(CC(=O)O)ccc3c2)c1OC(C)=O. The van der Waals surface area contributed by atoms with Gasteiger partial charge in [-0.05, 0) is 59.4 Å². The lowest BCUT2D eigenvalue weighted by molar-refractivity contribution is -0.136. The molecule has 0 saturated carbocycles. The first-order chi connectivity index (χ1) is 16.8. The molecule has 3 aromatic rings. The molecule has 0 unspecified atom stereocenters. The second-order valence-electron chi connectivity index (χ2n) is 8.36. The van der Waals surface area contributed by atoms with E-state index in [1.54, 1.807) is 12.1 Å². The van der Waals surface area contributed by atoms with Gasteiger partial charge in [0.1, 0.15) is 5.75 Å². The summed E-state index contributed by atoms with van der Waals surface area (Å²) in [6, 6.07) is 16.7. The predicted octanol–water partition coefficient (Wildman–Crippen LogP) is 5.50. The fourth-order valence-corrected chi connectivity index (χ4v) is 3.86. The molecule has 3 rings (SSSR count). The molecule has 0 bridgehead atoms. The summed E-state index contributed by atoms with van der Waals surface area (Å²) in [6.07, 6.45) is 4.47. The van der Waals surface area contributed by atoms with Crippen LogP contribution in [0.15, 0.2) is 54.6 Å². The van der Waals surface area contributed by atoms with E-state index in [4.69, 9.17) is 19.3 Å². The van der Waals surface area contributed by atoms with Gasteiger partial charge in [-0.1, -0.05) is 49.2 Å². The summed E-state index contributed by atoms with van der Waals surface area (Å²) in [5.74, 6) is -0.416. The number of aryl methyl sites for hydroxylation is 1. The average molecular weight is 479 g/mol. The summed E-state index contributed by atoms with van der Waals surface area (Å²) in [6.45, 7) is 3.23. The highest BCUT2D eigenvalue weighted by Crippen LogP contribution is 2.33.